The molecule has 16 heteroatoms. The molecule has 4 unspecified atom stereocenters. The van der Waals surface area contributed by atoms with E-state index in [1.165, 1.54) is 11.8 Å². The number of thioether (sulfide) groups is 1. The second-order valence-electron chi connectivity index (χ2n) is 7.59. The van der Waals surface area contributed by atoms with E-state index in [0.29, 0.717) is 12.2 Å². The minimum atomic E-state index is -1.62. The maximum absolute atomic E-state index is 12.8. The number of rotatable bonds is 18. The number of aliphatic carboxylic acids is 1. The molecular formula is C19H33N7O8S. The van der Waals surface area contributed by atoms with Crippen molar-refractivity contribution < 1.29 is 38.7 Å². The zero-order valence-corrected chi connectivity index (χ0v) is 20.1. The maximum atomic E-state index is 12.8. The smallest absolute Gasteiger partial charge is 0.326 e. The summed E-state index contributed by atoms with van der Waals surface area (Å²) in [7, 11) is 0. The average molecular weight is 520 g/mol. The molecule has 6 amide bonds. The molecule has 0 bridgehead atoms. The van der Waals surface area contributed by atoms with Crippen LogP contribution in [-0.4, -0.2) is 82.7 Å². The molecule has 0 fully saturated rings. The summed E-state index contributed by atoms with van der Waals surface area (Å²) in [4.78, 5) is 82.8. The number of hydrogen-bond donors (Lipinski definition) is 8. The summed E-state index contributed by atoms with van der Waals surface area (Å²) in [6.45, 7) is 0. The molecule has 0 heterocycles. The number of hydrogen-bond acceptors (Lipinski definition) is 9. The van der Waals surface area contributed by atoms with E-state index in [1.807, 2.05) is 6.26 Å². The van der Waals surface area contributed by atoms with E-state index in [0.717, 1.165) is 0 Å². The Labute approximate surface area is 205 Å². The summed E-state index contributed by atoms with van der Waals surface area (Å²) >= 11 is 1.46. The van der Waals surface area contributed by atoms with E-state index in [4.69, 9.17) is 22.9 Å². The van der Waals surface area contributed by atoms with E-state index in [2.05, 4.69) is 16.0 Å². The van der Waals surface area contributed by atoms with Crippen molar-refractivity contribution in [1.82, 2.24) is 16.0 Å². The fourth-order valence-corrected chi connectivity index (χ4v) is 3.20. The van der Waals surface area contributed by atoms with Crippen LogP contribution in [0.25, 0.3) is 0 Å². The van der Waals surface area contributed by atoms with E-state index < -0.39 is 72.0 Å². The number of nitrogens with one attached hydrogen (secondary N) is 3. The Kier molecular flexibility index (Phi) is 14.7. The van der Waals surface area contributed by atoms with Crippen LogP contribution in [-0.2, 0) is 33.6 Å². The zero-order chi connectivity index (χ0) is 27.1. The lowest BCUT2D eigenvalue weighted by Crippen LogP contribution is -2.58. The molecule has 0 aliphatic heterocycles. The fourth-order valence-electron chi connectivity index (χ4n) is 2.71. The zero-order valence-electron chi connectivity index (χ0n) is 19.3. The molecule has 15 nitrogen and oxygen atoms in total. The monoisotopic (exact) mass is 519 g/mol. The SMILES string of the molecule is CSCCC(N)C(=O)NC(CCC(N)=O)C(=O)NC(CC(N)=O)C(=O)NC(CCC(N)=O)C(=O)O. The van der Waals surface area contributed by atoms with E-state index in [-0.39, 0.29) is 25.7 Å². The molecule has 0 aromatic rings. The van der Waals surface area contributed by atoms with Gasteiger partial charge in [-0.25, -0.2) is 4.79 Å². The van der Waals surface area contributed by atoms with Gasteiger partial charge in [-0.15, -0.1) is 0 Å². The maximum Gasteiger partial charge on any atom is 0.326 e. The molecule has 0 saturated heterocycles. The van der Waals surface area contributed by atoms with Crippen LogP contribution in [0, 0.1) is 0 Å². The van der Waals surface area contributed by atoms with Crippen LogP contribution in [0.4, 0.5) is 0 Å². The van der Waals surface area contributed by atoms with Gasteiger partial charge in [0.25, 0.3) is 0 Å². The molecule has 198 valence electrons. The predicted octanol–water partition coefficient (Wildman–Crippen LogP) is -3.99. The molecule has 0 aromatic carbocycles. The summed E-state index contributed by atoms with van der Waals surface area (Å²) in [5, 5.41) is 16.0. The molecule has 0 aliphatic carbocycles. The van der Waals surface area contributed by atoms with Crippen LogP contribution in [0.5, 0.6) is 0 Å². The predicted molar refractivity (Wildman–Crippen MR) is 125 cm³/mol. The van der Waals surface area contributed by atoms with Gasteiger partial charge in [-0.05, 0) is 31.3 Å². The van der Waals surface area contributed by atoms with Crippen LogP contribution in [0.15, 0.2) is 0 Å². The largest absolute Gasteiger partial charge is 0.480 e. The molecule has 0 spiro atoms. The minimum Gasteiger partial charge on any atom is -0.480 e. The lowest BCUT2D eigenvalue weighted by atomic mass is 10.1. The van der Waals surface area contributed by atoms with Crippen molar-refractivity contribution in [2.24, 2.45) is 22.9 Å². The van der Waals surface area contributed by atoms with Gasteiger partial charge in [0.2, 0.25) is 35.4 Å². The third kappa shape index (κ3) is 13.8. The summed E-state index contributed by atoms with van der Waals surface area (Å²) in [5.41, 5.74) is 21.0. The highest BCUT2D eigenvalue weighted by Gasteiger charge is 2.31. The van der Waals surface area contributed by atoms with E-state index in [1.54, 1.807) is 0 Å². The number of carbonyl (C=O) groups is 7. The van der Waals surface area contributed by atoms with Crippen LogP contribution in [0.3, 0.4) is 0 Å². The van der Waals surface area contributed by atoms with E-state index >= 15 is 0 Å². The number of nitrogens with two attached hydrogens (primary N) is 4. The minimum absolute atomic E-state index is 0.233. The highest BCUT2D eigenvalue weighted by Crippen LogP contribution is 2.05. The highest BCUT2D eigenvalue weighted by atomic mass is 32.2. The molecule has 4 atom stereocenters. The molecule has 0 saturated carbocycles. The van der Waals surface area contributed by atoms with Crippen molar-refractivity contribution in [3.05, 3.63) is 0 Å². The number of carboxylic acid groups (broad SMARTS) is 1. The van der Waals surface area contributed by atoms with Crippen molar-refractivity contribution in [2.45, 2.75) is 62.7 Å². The van der Waals surface area contributed by atoms with Crippen molar-refractivity contribution in [2.75, 3.05) is 12.0 Å². The summed E-state index contributed by atoms with van der Waals surface area (Å²) in [5.74, 6) is -6.16. The van der Waals surface area contributed by atoms with Gasteiger partial charge in [0.15, 0.2) is 0 Å². The average Bonchev–Trinajstić information content (AvgIpc) is 2.75. The lowest BCUT2D eigenvalue weighted by molar-refractivity contribution is -0.142. The first-order valence-electron chi connectivity index (χ1n) is 10.5. The summed E-state index contributed by atoms with van der Waals surface area (Å²) in [6, 6.07) is -5.45. The molecule has 35 heavy (non-hydrogen) atoms. The quantitative estimate of drug-likeness (QED) is 0.0868. The van der Waals surface area contributed by atoms with Gasteiger partial charge in [-0.1, -0.05) is 0 Å². The molecule has 0 aromatic heterocycles. The third-order valence-electron chi connectivity index (χ3n) is 4.61. The van der Waals surface area contributed by atoms with Crippen LogP contribution in [0.1, 0.15) is 38.5 Å². The van der Waals surface area contributed by atoms with Gasteiger partial charge < -0.3 is 44.0 Å². The fraction of sp³-hybridized carbons (Fsp3) is 0.632. The molecular weight excluding hydrogens is 486 g/mol. The topological polar surface area (TPSA) is 280 Å². The Bertz CT molecular complexity index is 810. The first-order chi connectivity index (χ1) is 16.3. The first-order valence-corrected chi connectivity index (χ1v) is 11.9. The van der Waals surface area contributed by atoms with Gasteiger partial charge in [0.1, 0.15) is 18.1 Å². The Morgan fingerprint density at radius 1 is 0.714 bits per heavy atom. The van der Waals surface area contributed by atoms with E-state index in [9.17, 15) is 38.7 Å². The summed E-state index contributed by atoms with van der Waals surface area (Å²) in [6.07, 6.45) is 0.222. The molecule has 0 radical (unpaired) electrons. The second-order valence-corrected chi connectivity index (χ2v) is 8.58. The van der Waals surface area contributed by atoms with Gasteiger partial charge in [-0.2, -0.15) is 11.8 Å². The van der Waals surface area contributed by atoms with Crippen LogP contribution < -0.4 is 38.9 Å². The van der Waals surface area contributed by atoms with Gasteiger partial charge in [0.05, 0.1) is 12.5 Å². The standard InChI is InChI=1S/C19H33N7O8S/c1-35-7-6-9(20)16(30)24-10(2-4-13(21)27)17(31)26-12(8-15(23)29)18(32)25-11(19(33)34)3-5-14(22)28/h9-12H,2-8,20H2,1H3,(H2,21,27)(H2,22,28)(H2,23,29)(H,24,30)(H,25,32)(H,26,31)(H,33,34). The number of carbonyl (C=O) groups excluding carboxylic acids is 6. The third-order valence-corrected chi connectivity index (χ3v) is 5.26. The number of amides is 6. The Balaban J connectivity index is 5.55. The Hall–Kier alpha value is -3.40. The van der Waals surface area contributed by atoms with Crippen LogP contribution >= 0.6 is 11.8 Å². The number of primary amides is 3. The Morgan fingerprint density at radius 2 is 1.17 bits per heavy atom. The molecule has 0 aliphatic rings. The van der Waals surface area contributed by atoms with Gasteiger partial charge >= 0.3 is 5.97 Å². The molecule has 12 N–H and O–H groups in total. The molecule has 0 rings (SSSR count). The van der Waals surface area contributed by atoms with Gasteiger partial charge in [-0.3, -0.25) is 28.8 Å². The van der Waals surface area contributed by atoms with Gasteiger partial charge in [0, 0.05) is 12.8 Å². The summed E-state index contributed by atoms with van der Waals surface area (Å²) < 4.78 is 0. The Morgan fingerprint density at radius 3 is 1.63 bits per heavy atom. The lowest BCUT2D eigenvalue weighted by Gasteiger charge is -2.24. The number of carboxylic acids is 1. The van der Waals surface area contributed by atoms with Crippen molar-refractivity contribution >= 4 is 53.2 Å². The van der Waals surface area contributed by atoms with Crippen molar-refractivity contribution in [3.63, 3.8) is 0 Å². The first kappa shape index (κ1) is 31.6. The van der Waals surface area contributed by atoms with Crippen molar-refractivity contribution in [1.29, 1.82) is 0 Å². The highest BCUT2D eigenvalue weighted by molar-refractivity contribution is 7.98. The normalized spacial score (nSPS) is 14.0. The van der Waals surface area contributed by atoms with Crippen molar-refractivity contribution in [3.8, 4) is 0 Å². The second kappa shape index (κ2) is 16.3. The van der Waals surface area contributed by atoms with Crippen LogP contribution in [0.2, 0.25) is 0 Å².